The molecule has 4 aromatic carbocycles. The van der Waals surface area contributed by atoms with Crippen LogP contribution in [0.5, 0.6) is 11.5 Å². The van der Waals surface area contributed by atoms with Gasteiger partial charge in [-0.05, 0) is 63.2 Å². The highest BCUT2D eigenvalue weighted by Crippen LogP contribution is 2.36. The average molecular weight is 911 g/mol. The van der Waals surface area contributed by atoms with E-state index in [2.05, 4.69) is 41.7 Å². The molecule has 4 amide bonds. The van der Waals surface area contributed by atoms with E-state index in [1.165, 1.54) is 0 Å². The predicted molar refractivity (Wildman–Crippen MR) is 246 cm³/mol. The highest BCUT2D eigenvalue weighted by atomic mass is 35.5. The van der Waals surface area contributed by atoms with Gasteiger partial charge in [0.2, 0.25) is 23.6 Å². The van der Waals surface area contributed by atoms with Crippen LogP contribution in [0.1, 0.15) is 76.0 Å². The number of aromatic nitrogens is 6. The number of aliphatic imine (C=N–C) groups is 2. The topological polar surface area (TPSA) is 221 Å². The van der Waals surface area contributed by atoms with Crippen molar-refractivity contribution in [3.63, 3.8) is 0 Å². The second-order valence-corrected chi connectivity index (χ2v) is 16.1. The molecule has 19 heteroatoms. The first-order chi connectivity index (χ1) is 31.9. The first-order valence-electron chi connectivity index (χ1n) is 21.2. The number of fused-ring (bicyclic) bond motifs is 6. The third-order valence-corrected chi connectivity index (χ3v) is 11.4. The molecule has 0 fully saturated rings. The Bertz CT molecular complexity index is 2890. The Labute approximate surface area is 384 Å². The van der Waals surface area contributed by atoms with Gasteiger partial charge in [-0.25, -0.2) is 0 Å². The minimum Gasteiger partial charge on any atom is -0.497 e. The zero-order chi connectivity index (χ0) is 46.5. The molecule has 4 heterocycles. The summed E-state index contributed by atoms with van der Waals surface area (Å²) >= 11 is 6.21. The molecule has 2 aliphatic heterocycles. The van der Waals surface area contributed by atoms with Crippen molar-refractivity contribution < 1.29 is 28.7 Å². The number of benzene rings is 4. The third-order valence-electron chi connectivity index (χ3n) is 11.1. The van der Waals surface area contributed by atoms with Gasteiger partial charge in [-0.2, -0.15) is 0 Å². The fourth-order valence-corrected chi connectivity index (χ4v) is 7.96. The highest BCUT2D eigenvalue weighted by molar-refractivity contribution is 6.30. The van der Waals surface area contributed by atoms with Crippen LogP contribution in [0.4, 0.5) is 0 Å². The largest absolute Gasteiger partial charge is 0.497 e. The summed E-state index contributed by atoms with van der Waals surface area (Å²) < 4.78 is 14.8. The van der Waals surface area contributed by atoms with E-state index < -0.39 is 35.7 Å². The summed E-state index contributed by atoms with van der Waals surface area (Å²) in [5.41, 5.74) is 7.14. The molecule has 0 radical (unpaired) electrons. The van der Waals surface area contributed by atoms with Crippen LogP contribution in [0.2, 0.25) is 5.02 Å². The molecule has 0 saturated heterocycles. The molecule has 338 valence electrons. The summed E-state index contributed by atoms with van der Waals surface area (Å²) in [7, 11) is 3.18. The summed E-state index contributed by atoms with van der Waals surface area (Å²) in [5.74, 6) is 1.65. The lowest BCUT2D eigenvalue weighted by atomic mass is 9.99. The lowest BCUT2D eigenvalue weighted by Gasteiger charge is -2.14. The summed E-state index contributed by atoms with van der Waals surface area (Å²) in [6.07, 6.45) is -0.230. The van der Waals surface area contributed by atoms with E-state index in [9.17, 15) is 19.2 Å². The van der Waals surface area contributed by atoms with Gasteiger partial charge in [0, 0.05) is 46.4 Å². The maximum Gasteiger partial charge on any atom is 0.239 e. The van der Waals surface area contributed by atoms with E-state index in [4.69, 9.17) is 31.1 Å². The Hall–Kier alpha value is -7.73. The predicted octanol–water partition coefficient (Wildman–Crippen LogP) is 4.17. The average Bonchev–Trinajstić information content (AvgIpc) is 3.83. The second kappa shape index (κ2) is 19.6. The van der Waals surface area contributed by atoms with Crippen molar-refractivity contribution in [3.8, 4) is 22.9 Å². The first-order valence-corrected chi connectivity index (χ1v) is 21.5. The monoisotopic (exact) mass is 910 g/mol. The first kappa shape index (κ1) is 44.9. The standard InChI is InChI=1S/C47H47ClN12O6/c1-26-6-8-29(9-7-26)44-34-16-14-33(66-5)21-39(34)60-28(3)56-58-47(60)37(53-44)23-41(62)52-25-43(64)50-19-18-49-42(63)24-51-40(61)22-36-46-57-55-27(2)59(46)38-17-15-32(65-4)20-35(38)45(54-36)30-10-12-31(48)13-11-30/h6-17,20-21,36-37H,18-19,22-25H2,1-5H3,(H,49,63)(H,50,64)(H,51,61)(H,52,62)/t36-,37+/m0/s1. The minimum atomic E-state index is -0.754. The van der Waals surface area contributed by atoms with Gasteiger partial charge in [0.05, 0.1) is 62.9 Å². The Morgan fingerprint density at radius 1 is 0.561 bits per heavy atom. The molecule has 8 rings (SSSR count). The third kappa shape index (κ3) is 9.68. The van der Waals surface area contributed by atoms with Gasteiger partial charge >= 0.3 is 0 Å². The fraction of sp³-hybridized carbons (Fsp3) is 0.277. The van der Waals surface area contributed by atoms with Gasteiger partial charge in [-0.1, -0.05) is 53.6 Å². The number of carbonyl (C=O) groups is 4. The normalized spacial score (nSPS) is 14.7. The van der Waals surface area contributed by atoms with Crippen LogP contribution in [-0.4, -0.2) is 105 Å². The van der Waals surface area contributed by atoms with Gasteiger partial charge in [-0.3, -0.25) is 38.3 Å². The molecule has 18 nitrogen and oxygen atoms in total. The van der Waals surface area contributed by atoms with Crippen LogP contribution >= 0.6 is 11.6 Å². The molecule has 0 bridgehead atoms. The van der Waals surface area contributed by atoms with Crippen molar-refractivity contribution in [3.05, 3.63) is 141 Å². The molecule has 4 N–H and O–H groups in total. The number of ether oxygens (including phenoxy) is 2. The van der Waals surface area contributed by atoms with Crippen molar-refractivity contribution in [2.24, 2.45) is 9.98 Å². The minimum absolute atomic E-state index is 0.0782. The lowest BCUT2D eigenvalue weighted by Crippen LogP contribution is -2.42. The van der Waals surface area contributed by atoms with E-state index in [1.54, 1.807) is 26.4 Å². The van der Waals surface area contributed by atoms with Crippen molar-refractivity contribution in [1.82, 2.24) is 50.8 Å². The maximum absolute atomic E-state index is 13.4. The highest BCUT2D eigenvalue weighted by Gasteiger charge is 2.32. The van der Waals surface area contributed by atoms with Crippen LogP contribution in [0.3, 0.4) is 0 Å². The number of amides is 4. The van der Waals surface area contributed by atoms with Crippen molar-refractivity contribution >= 4 is 46.7 Å². The molecule has 0 unspecified atom stereocenters. The molecular weight excluding hydrogens is 864 g/mol. The van der Waals surface area contributed by atoms with Gasteiger partial charge in [-0.15, -0.1) is 20.4 Å². The van der Waals surface area contributed by atoms with Crippen molar-refractivity contribution in [1.29, 1.82) is 0 Å². The molecule has 2 aliphatic rings. The number of nitrogens with one attached hydrogen (secondary N) is 4. The second-order valence-electron chi connectivity index (χ2n) is 15.7. The van der Waals surface area contributed by atoms with E-state index in [1.807, 2.05) is 103 Å². The Balaban J connectivity index is 0.837. The Morgan fingerprint density at radius 2 is 1.05 bits per heavy atom. The van der Waals surface area contributed by atoms with E-state index in [0.29, 0.717) is 51.2 Å². The smallest absolute Gasteiger partial charge is 0.239 e. The fourth-order valence-electron chi connectivity index (χ4n) is 7.84. The van der Waals surface area contributed by atoms with E-state index in [-0.39, 0.29) is 39.0 Å². The van der Waals surface area contributed by atoms with Gasteiger partial charge in [0.1, 0.15) is 35.2 Å². The Kier molecular flexibility index (Phi) is 13.3. The molecule has 0 spiro atoms. The zero-order valence-electron chi connectivity index (χ0n) is 36.9. The molecule has 6 aromatic rings. The number of hydrogen-bond acceptors (Lipinski definition) is 12. The molecule has 66 heavy (non-hydrogen) atoms. The Morgan fingerprint density at radius 3 is 1.59 bits per heavy atom. The van der Waals surface area contributed by atoms with Crippen LogP contribution < -0.4 is 30.7 Å². The summed E-state index contributed by atoms with van der Waals surface area (Å²) in [4.78, 5) is 62.4. The van der Waals surface area contributed by atoms with Crippen LogP contribution in [0.15, 0.2) is 94.9 Å². The number of nitrogens with zero attached hydrogens (tertiary/aromatic N) is 8. The number of hydrogen-bond donors (Lipinski definition) is 4. The molecule has 2 atom stereocenters. The van der Waals surface area contributed by atoms with E-state index in [0.717, 1.165) is 39.2 Å². The molecular formula is C47H47ClN12O6. The van der Waals surface area contributed by atoms with Gasteiger partial charge in [0.15, 0.2) is 11.6 Å². The number of methoxy groups -OCH3 is 2. The molecule has 0 saturated carbocycles. The lowest BCUT2D eigenvalue weighted by molar-refractivity contribution is -0.126. The van der Waals surface area contributed by atoms with Gasteiger partial charge in [0.25, 0.3) is 0 Å². The van der Waals surface area contributed by atoms with E-state index >= 15 is 0 Å². The van der Waals surface area contributed by atoms with Gasteiger partial charge < -0.3 is 30.7 Å². The number of halogens is 1. The number of rotatable bonds is 15. The molecule has 0 aliphatic carbocycles. The van der Waals surface area contributed by atoms with Crippen molar-refractivity contribution in [2.45, 2.75) is 45.7 Å². The number of aryl methyl sites for hydroxylation is 3. The van der Waals surface area contributed by atoms with Crippen LogP contribution in [-0.2, 0) is 19.2 Å². The number of carbonyl (C=O) groups excluding carboxylic acids is 4. The SMILES string of the molecule is COc1ccc2c(c1)C(c1ccc(Cl)cc1)=N[C@@H](CC(=O)NCC(=O)NCCNC(=O)CNC(=O)C[C@H]1N=C(c3ccc(C)cc3)c3ccc(OC)cc3-n3c(C)nnc31)c1nnc(C)n1-2. The summed E-state index contributed by atoms with van der Waals surface area (Å²) in [5, 5.41) is 28.7. The van der Waals surface area contributed by atoms with Crippen LogP contribution in [0.25, 0.3) is 11.4 Å². The zero-order valence-corrected chi connectivity index (χ0v) is 37.6. The summed E-state index contributed by atoms with van der Waals surface area (Å²) in [6.45, 7) is 5.20. The summed E-state index contributed by atoms with van der Waals surface area (Å²) in [6, 6.07) is 25.0. The molecule has 2 aromatic heterocycles. The maximum atomic E-state index is 13.4. The van der Waals surface area contributed by atoms with Crippen molar-refractivity contribution in [2.75, 3.05) is 40.4 Å². The van der Waals surface area contributed by atoms with Crippen LogP contribution in [0, 0.1) is 20.8 Å². The quantitative estimate of drug-likeness (QED) is 0.108.